The Morgan fingerprint density at radius 3 is 2.21 bits per heavy atom. The van der Waals surface area contributed by atoms with Crippen LogP contribution in [-0.2, 0) is 0 Å². The average Bonchev–Trinajstić information content (AvgIpc) is 2.87. The summed E-state index contributed by atoms with van der Waals surface area (Å²) in [6, 6.07) is 6.59. The lowest BCUT2D eigenvalue weighted by Crippen LogP contribution is -2.04. The minimum atomic E-state index is -2.57. The third kappa shape index (κ3) is 2.80. The maximum Gasteiger partial charge on any atom is 0.336 e. The lowest BCUT2D eigenvalue weighted by atomic mass is 10.0. The highest BCUT2D eigenvalue weighted by atomic mass is 32.1. The molecular formula is C13H10F2O3S. The first-order valence-corrected chi connectivity index (χ1v) is 6.25. The van der Waals surface area contributed by atoms with Crippen molar-refractivity contribution in [2.75, 3.05) is 0 Å². The Kier molecular flexibility index (Phi) is 3.92. The van der Waals surface area contributed by atoms with E-state index in [1.54, 1.807) is 5.38 Å². The molecule has 0 amide bonds. The SMILES string of the molecule is O=C(O)c1ccsc1C(O)c1ccc(C(F)F)cc1. The number of aliphatic hydroxyl groups is 1. The largest absolute Gasteiger partial charge is 0.478 e. The van der Waals surface area contributed by atoms with Crippen LogP contribution >= 0.6 is 11.3 Å². The van der Waals surface area contributed by atoms with Crippen LogP contribution in [0.4, 0.5) is 8.78 Å². The maximum atomic E-state index is 12.4. The van der Waals surface area contributed by atoms with Gasteiger partial charge in [0.2, 0.25) is 0 Å². The Morgan fingerprint density at radius 2 is 1.68 bits per heavy atom. The summed E-state index contributed by atoms with van der Waals surface area (Å²) in [5.74, 6) is -1.13. The monoisotopic (exact) mass is 284 g/mol. The highest BCUT2D eigenvalue weighted by molar-refractivity contribution is 7.10. The zero-order chi connectivity index (χ0) is 14.0. The molecule has 0 saturated heterocycles. The summed E-state index contributed by atoms with van der Waals surface area (Å²) < 4.78 is 24.8. The van der Waals surface area contributed by atoms with Crippen molar-refractivity contribution in [3.8, 4) is 0 Å². The first-order valence-electron chi connectivity index (χ1n) is 5.37. The molecule has 2 aromatic rings. The molecule has 1 aromatic heterocycles. The highest BCUT2D eigenvalue weighted by Gasteiger charge is 2.20. The van der Waals surface area contributed by atoms with Crippen molar-refractivity contribution >= 4 is 17.3 Å². The second-order valence-electron chi connectivity index (χ2n) is 3.87. The fraction of sp³-hybridized carbons (Fsp3) is 0.154. The average molecular weight is 284 g/mol. The predicted octanol–water partition coefficient (Wildman–Crippen LogP) is 3.47. The Balaban J connectivity index is 2.30. The van der Waals surface area contributed by atoms with Gasteiger partial charge in [-0.3, -0.25) is 0 Å². The van der Waals surface area contributed by atoms with E-state index in [4.69, 9.17) is 5.11 Å². The van der Waals surface area contributed by atoms with Crippen molar-refractivity contribution in [2.24, 2.45) is 0 Å². The van der Waals surface area contributed by atoms with Crippen LogP contribution in [0.25, 0.3) is 0 Å². The van der Waals surface area contributed by atoms with Gasteiger partial charge in [-0.1, -0.05) is 24.3 Å². The Labute approximate surface area is 111 Å². The van der Waals surface area contributed by atoms with E-state index in [9.17, 15) is 18.7 Å². The highest BCUT2D eigenvalue weighted by Crippen LogP contribution is 2.30. The zero-order valence-corrected chi connectivity index (χ0v) is 10.4. The second kappa shape index (κ2) is 5.46. The number of thiophene rings is 1. The lowest BCUT2D eigenvalue weighted by molar-refractivity contribution is 0.0692. The van der Waals surface area contributed by atoms with Crippen molar-refractivity contribution in [3.05, 3.63) is 57.3 Å². The molecule has 0 aliphatic heterocycles. The van der Waals surface area contributed by atoms with Crippen molar-refractivity contribution in [3.63, 3.8) is 0 Å². The Hall–Kier alpha value is -1.79. The molecule has 0 aliphatic rings. The fourth-order valence-corrected chi connectivity index (χ4v) is 2.58. The standard InChI is InChI=1S/C13H10F2O3S/c14-12(15)8-3-1-7(2-4-8)10(16)11-9(13(17)18)5-6-19-11/h1-6,10,12,16H,(H,17,18). The summed E-state index contributed by atoms with van der Waals surface area (Å²) >= 11 is 1.11. The van der Waals surface area contributed by atoms with Crippen LogP contribution in [-0.4, -0.2) is 16.2 Å². The predicted molar refractivity (Wildman–Crippen MR) is 66.7 cm³/mol. The molecule has 0 saturated carbocycles. The van der Waals surface area contributed by atoms with Crippen LogP contribution in [0.1, 0.15) is 38.9 Å². The number of carboxylic acids is 1. The van der Waals surface area contributed by atoms with Crippen LogP contribution in [0.5, 0.6) is 0 Å². The van der Waals surface area contributed by atoms with E-state index in [-0.39, 0.29) is 16.0 Å². The minimum Gasteiger partial charge on any atom is -0.478 e. The molecule has 1 unspecified atom stereocenters. The van der Waals surface area contributed by atoms with Crippen LogP contribution < -0.4 is 0 Å². The number of hydrogen-bond donors (Lipinski definition) is 2. The van der Waals surface area contributed by atoms with Crippen molar-refractivity contribution in [2.45, 2.75) is 12.5 Å². The van der Waals surface area contributed by atoms with E-state index >= 15 is 0 Å². The quantitative estimate of drug-likeness (QED) is 0.904. The van der Waals surface area contributed by atoms with Gasteiger partial charge in [-0.2, -0.15) is 0 Å². The Bertz CT molecular complexity index is 578. The fourth-order valence-electron chi connectivity index (χ4n) is 1.68. The molecule has 100 valence electrons. The van der Waals surface area contributed by atoms with Crippen LogP contribution in [0.2, 0.25) is 0 Å². The van der Waals surface area contributed by atoms with Gasteiger partial charge < -0.3 is 10.2 Å². The molecule has 6 heteroatoms. The number of alkyl halides is 2. The number of carbonyl (C=O) groups is 1. The number of benzene rings is 1. The molecule has 2 N–H and O–H groups in total. The molecule has 0 bridgehead atoms. The summed E-state index contributed by atoms with van der Waals surface area (Å²) in [6.07, 6.45) is -3.69. The number of hydrogen-bond acceptors (Lipinski definition) is 3. The molecule has 1 atom stereocenters. The third-order valence-corrected chi connectivity index (χ3v) is 3.65. The van der Waals surface area contributed by atoms with E-state index in [1.807, 2.05) is 0 Å². The lowest BCUT2D eigenvalue weighted by Gasteiger charge is -2.11. The topological polar surface area (TPSA) is 57.5 Å². The molecule has 0 aliphatic carbocycles. The maximum absolute atomic E-state index is 12.4. The summed E-state index contributed by atoms with van der Waals surface area (Å²) in [7, 11) is 0. The van der Waals surface area contributed by atoms with Gasteiger partial charge in [0.05, 0.1) is 10.4 Å². The molecule has 1 aromatic carbocycles. The summed E-state index contributed by atoms with van der Waals surface area (Å²) in [5.41, 5.74) is 0.269. The van der Waals surface area contributed by atoms with Gasteiger partial charge in [-0.15, -0.1) is 11.3 Å². The number of rotatable bonds is 4. The van der Waals surface area contributed by atoms with Gasteiger partial charge in [0.1, 0.15) is 6.10 Å². The zero-order valence-electron chi connectivity index (χ0n) is 9.59. The molecule has 0 radical (unpaired) electrons. The van der Waals surface area contributed by atoms with Crippen LogP contribution in [0, 0.1) is 0 Å². The van der Waals surface area contributed by atoms with Gasteiger partial charge in [0, 0.05) is 5.56 Å². The number of aromatic carboxylic acids is 1. The van der Waals surface area contributed by atoms with Gasteiger partial charge in [-0.25, -0.2) is 13.6 Å². The first kappa shape index (κ1) is 13.6. The molecule has 19 heavy (non-hydrogen) atoms. The van der Waals surface area contributed by atoms with E-state index in [1.165, 1.54) is 30.3 Å². The van der Waals surface area contributed by atoms with Crippen LogP contribution in [0.3, 0.4) is 0 Å². The van der Waals surface area contributed by atoms with Gasteiger partial charge in [-0.05, 0) is 17.0 Å². The number of aliphatic hydroxyl groups excluding tert-OH is 1. The smallest absolute Gasteiger partial charge is 0.336 e. The van der Waals surface area contributed by atoms with E-state index < -0.39 is 18.5 Å². The van der Waals surface area contributed by atoms with Gasteiger partial charge in [0.15, 0.2) is 0 Å². The van der Waals surface area contributed by atoms with Crippen molar-refractivity contribution in [1.82, 2.24) is 0 Å². The molecular weight excluding hydrogens is 274 g/mol. The molecule has 1 heterocycles. The Morgan fingerprint density at radius 1 is 1.11 bits per heavy atom. The molecule has 3 nitrogen and oxygen atoms in total. The van der Waals surface area contributed by atoms with Gasteiger partial charge >= 0.3 is 5.97 Å². The normalized spacial score (nSPS) is 12.6. The van der Waals surface area contributed by atoms with Gasteiger partial charge in [0.25, 0.3) is 6.43 Å². The summed E-state index contributed by atoms with van der Waals surface area (Å²) in [5, 5.41) is 20.6. The second-order valence-corrected chi connectivity index (χ2v) is 4.82. The van der Waals surface area contributed by atoms with Crippen molar-refractivity contribution < 1.29 is 23.8 Å². The third-order valence-electron chi connectivity index (χ3n) is 2.68. The van der Waals surface area contributed by atoms with Crippen molar-refractivity contribution in [1.29, 1.82) is 0 Å². The number of halogens is 2. The van der Waals surface area contributed by atoms with Crippen LogP contribution in [0.15, 0.2) is 35.7 Å². The molecule has 0 fully saturated rings. The van der Waals surface area contributed by atoms with E-state index in [2.05, 4.69) is 0 Å². The van der Waals surface area contributed by atoms with E-state index in [0.29, 0.717) is 5.56 Å². The summed E-state index contributed by atoms with van der Waals surface area (Å²) in [6.45, 7) is 0. The molecule has 0 spiro atoms. The molecule has 2 rings (SSSR count). The van der Waals surface area contributed by atoms with E-state index in [0.717, 1.165) is 11.3 Å². The first-order chi connectivity index (χ1) is 9.00. The minimum absolute atomic E-state index is 0.0236. The number of carboxylic acid groups (broad SMARTS) is 1. The summed E-state index contributed by atoms with van der Waals surface area (Å²) in [4.78, 5) is 11.2.